The number of fused-ring (bicyclic) bond motifs is 1. The molecule has 2 nitrogen and oxygen atoms in total. The lowest BCUT2D eigenvalue weighted by atomic mass is 10.1. The van der Waals surface area contributed by atoms with Crippen molar-refractivity contribution in [3.05, 3.63) is 65.5 Å². The highest BCUT2D eigenvalue weighted by Crippen LogP contribution is 2.19. The number of nitrogens with zero attached hydrogens (tertiary/aromatic N) is 2. The fraction of sp³-hybridized carbons (Fsp3) is 0.188. The fourth-order valence-corrected chi connectivity index (χ4v) is 2.60. The third-order valence-corrected chi connectivity index (χ3v) is 3.69. The van der Waals surface area contributed by atoms with Gasteiger partial charge < -0.3 is 4.57 Å². The van der Waals surface area contributed by atoms with Crippen molar-refractivity contribution in [2.45, 2.75) is 18.8 Å². The maximum absolute atomic E-state index is 13.3. The highest BCUT2D eigenvalue weighted by Gasteiger charge is 2.10. The number of aromatic nitrogens is 2. The molecule has 0 aliphatic heterocycles. The SMILES string of the molecule is Fc1ccc(CCn2c(CCl)nc3cc(F)ccc32)cc1. The predicted octanol–water partition coefficient (Wildman–Crippen LogP) is 4.30. The zero-order valence-corrected chi connectivity index (χ0v) is 11.9. The summed E-state index contributed by atoms with van der Waals surface area (Å²) in [5.74, 6) is 0.412. The van der Waals surface area contributed by atoms with E-state index >= 15 is 0 Å². The number of alkyl halides is 1. The van der Waals surface area contributed by atoms with Crippen LogP contribution in [0.15, 0.2) is 42.5 Å². The Morgan fingerprint density at radius 1 is 1.00 bits per heavy atom. The molecule has 0 saturated carbocycles. The van der Waals surface area contributed by atoms with Gasteiger partial charge in [-0.05, 0) is 36.2 Å². The molecule has 0 amide bonds. The lowest BCUT2D eigenvalue weighted by molar-refractivity contribution is 0.625. The maximum Gasteiger partial charge on any atom is 0.125 e. The molecule has 0 aliphatic rings. The van der Waals surface area contributed by atoms with E-state index in [0.717, 1.165) is 17.5 Å². The van der Waals surface area contributed by atoms with Gasteiger partial charge in [0, 0.05) is 12.6 Å². The van der Waals surface area contributed by atoms with Crippen molar-refractivity contribution in [3.63, 3.8) is 0 Å². The number of rotatable bonds is 4. The van der Waals surface area contributed by atoms with Crippen LogP contribution in [0.3, 0.4) is 0 Å². The first kappa shape index (κ1) is 14.0. The molecular weight excluding hydrogens is 294 g/mol. The lowest BCUT2D eigenvalue weighted by Crippen LogP contribution is -2.05. The molecule has 0 bridgehead atoms. The van der Waals surface area contributed by atoms with Gasteiger partial charge >= 0.3 is 0 Å². The topological polar surface area (TPSA) is 17.8 Å². The van der Waals surface area contributed by atoms with Crippen LogP contribution in [-0.4, -0.2) is 9.55 Å². The average Bonchev–Trinajstić information content (AvgIpc) is 2.83. The van der Waals surface area contributed by atoms with Crippen molar-refractivity contribution in [2.24, 2.45) is 0 Å². The molecule has 21 heavy (non-hydrogen) atoms. The number of benzene rings is 2. The minimum atomic E-state index is -0.313. The third-order valence-electron chi connectivity index (χ3n) is 3.45. The molecule has 0 unspecified atom stereocenters. The number of hydrogen-bond donors (Lipinski definition) is 0. The van der Waals surface area contributed by atoms with E-state index in [-0.39, 0.29) is 17.5 Å². The van der Waals surface area contributed by atoms with Crippen LogP contribution in [-0.2, 0) is 18.8 Å². The Balaban J connectivity index is 1.90. The molecule has 3 rings (SSSR count). The van der Waals surface area contributed by atoms with Gasteiger partial charge in [-0.3, -0.25) is 0 Å². The number of imidazole rings is 1. The van der Waals surface area contributed by atoms with Crippen molar-refractivity contribution in [1.82, 2.24) is 9.55 Å². The summed E-state index contributed by atoms with van der Waals surface area (Å²) >= 11 is 5.92. The molecule has 0 atom stereocenters. The standard InChI is InChI=1S/C16H13ClF2N2/c17-10-16-20-14-9-13(19)5-6-15(14)21(16)8-7-11-1-3-12(18)4-2-11/h1-6,9H,7-8,10H2. The van der Waals surface area contributed by atoms with Crippen molar-refractivity contribution >= 4 is 22.6 Å². The summed E-state index contributed by atoms with van der Waals surface area (Å²) in [6.07, 6.45) is 0.729. The number of halogens is 3. The molecule has 5 heteroatoms. The van der Waals surface area contributed by atoms with E-state index in [0.29, 0.717) is 17.9 Å². The normalized spacial score (nSPS) is 11.2. The smallest absolute Gasteiger partial charge is 0.125 e. The highest BCUT2D eigenvalue weighted by atomic mass is 35.5. The van der Waals surface area contributed by atoms with E-state index in [9.17, 15) is 8.78 Å². The van der Waals surface area contributed by atoms with E-state index in [1.54, 1.807) is 18.2 Å². The molecule has 1 aromatic heterocycles. The van der Waals surface area contributed by atoms with Gasteiger partial charge in [0.1, 0.15) is 17.5 Å². The molecular formula is C16H13ClF2N2. The quantitative estimate of drug-likeness (QED) is 0.657. The van der Waals surface area contributed by atoms with Crippen LogP contribution in [0.2, 0.25) is 0 Å². The van der Waals surface area contributed by atoms with Gasteiger partial charge in [0.25, 0.3) is 0 Å². The van der Waals surface area contributed by atoms with E-state index in [1.165, 1.54) is 24.3 Å². The van der Waals surface area contributed by atoms with Gasteiger partial charge in [0.2, 0.25) is 0 Å². The molecule has 1 heterocycles. The maximum atomic E-state index is 13.3. The summed E-state index contributed by atoms with van der Waals surface area (Å²) in [6, 6.07) is 10.9. The second-order valence-corrected chi connectivity index (χ2v) is 5.09. The summed E-state index contributed by atoms with van der Waals surface area (Å²) in [7, 11) is 0. The lowest BCUT2D eigenvalue weighted by Gasteiger charge is -2.08. The Morgan fingerprint density at radius 3 is 2.43 bits per heavy atom. The van der Waals surface area contributed by atoms with Crippen LogP contribution < -0.4 is 0 Å². The number of aryl methyl sites for hydroxylation is 2. The largest absolute Gasteiger partial charge is 0.327 e. The minimum absolute atomic E-state index is 0.247. The fourth-order valence-electron chi connectivity index (χ4n) is 2.40. The van der Waals surface area contributed by atoms with E-state index in [4.69, 9.17) is 11.6 Å². The molecule has 108 valence electrons. The Kier molecular flexibility index (Phi) is 3.88. The Morgan fingerprint density at radius 2 is 1.71 bits per heavy atom. The predicted molar refractivity (Wildman–Crippen MR) is 79.4 cm³/mol. The molecule has 0 N–H and O–H groups in total. The molecule has 0 fully saturated rings. The molecule has 0 radical (unpaired) electrons. The van der Waals surface area contributed by atoms with E-state index < -0.39 is 0 Å². The van der Waals surface area contributed by atoms with Gasteiger partial charge in [0.05, 0.1) is 16.9 Å². The Hall–Kier alpha value is -1.94. The van der Waals surface area contributed by atoms with Crippen molar-refractivity contribution in [1.29, 1.82) is 0 Å². The van der Waals surface area contributed by atoms with Crippen molar-refractivity contribution in [2.75, 3.05) is 0 Å². The molecule has 2 aromatic carbocycles. The summed E-state index contributed by atoms with van der Waals surface area (Å²) < 4.78 is 28.1. The van der Waals surface area contributed by atoms with Crippen LogP contribution >= 0.6 is 11.6 Å². The van der Waals surface area contributed by atoms with Crippen molar-refractivity contribution < 1.29 is 8.78 Å². The van der Waals surface area contributed by atoms with E-state index in [2.05, 4.69) is 4.98 Å². The highest BCUT2D eigenvalue weighted by molar-refractivity contribution is 6.16. The van der Waals surface area contributed by atoms with E-state index in [1.807, 2.05) is 4.57 Å². The zero-order chi connectivity index (χ0) is 14.8. The average molecular weight is 307 g/mol. The molecule has 0 saturated heterocycles. The van der Waals surface area contributed by atoms with Crippen LogP contribution in [0.25, 0.3) is 11.0 Å². The zero-order valence-electron chi connectivity index (χ0n) is 11.2. The van der Waals surface area contributed by atoms with Crippen LogP contribution in [0, 0.1) is 11.6 Å². The third kappa shape index (κ3) is 2.90. The summed E-state index contributed by atoms with van der Waals surface area (Å²) in [6.45, 7) is 0.663. The minimum Gasteiger partial charge on any atom is -0.327 e. The summed E-state index contributed by atoms with van der Waals surface area (Å²) in [4.78, 5) is 4.35. The van der Waals surface area contributed by atoms with Crippen LogP contribution in [0.1, 0.15) is 11.4 Å². The summed E-state index contributed by atoms with van der Waals surface area (Å²) in [5, 5.41) is 0. The first-order chi connectivity index (χ1) is 10.2. The first-order valence-electron chi connectivity index (χ1n) is 6.62. The molecule has 0 spiro atoms. The molecule has 3 aromatic rings. The number of hydrogen-bond acceptors (Lipinski definition) is 1. The van der Waals surface area contributed by atoms with Gasteiger partial charge in [-0.25, -0.2) is 13.8 Å². The monoisotopic (exact) mass is 306 g/mol. The Labute approximate surface area is 126 Å². The van der Waals surface area contributed by atoms with Gasteiger partial charge in [-0.1, -0.05) is 12.1 Å². The van der Waals surface area contributed by atoms with Crippen LogP contribution in [0.5, 0.6) is 0 Å². The summed E-state index contributed by atoms with van der Waals surface area (Å²) in [5.41, 5.74) is 2.49. The Bertz CT molecular complexity index is 766. The second-order valence-electron chi connectivity index (χ2n) is 4.82. The first-order valence-corrected chi connectivity index (χ1v) is 7.16. The van der Waals surface area contributed by atoms with Gasteiger partial charge in [0.15, 0.2) is 0 Å². The van der Waals surface area contributed by atoms with Crippen LogP contribution in [0.4, 0.5) is 8.78 Å². The molecule has 0 aliphatic carbocycles. The van der Waals surface area contributed by atoms with Gasteiger partial charge in [-0.2, -0.15) is 0 Å². The van der Waals surface area contributed by atoms with Crippen molar-refractivity contribution in [3.8, 4) is 0 Å². The van der Waals surface area contributed by atoms with Gasteiger partial charge in [-0.15, -0.1) is 11.6 Å². The second kappa shape index (κ2) is 5.82.